The lowest BCUT2D eigenvalue weighted by Gasteiger charge is -2.15. The van der Waals surface area contributed by atoms with Gasteiger partial charge in [0.1, 0.15) is 5.75 Å². The van der Waals surface area contributed by atoms with Crippen LogP contribution in [-0.4, -0.2) is 9.97 Å². The first-order chi connectivity index (χ1) is 8.97. The number of nitrogen functional groups attached to an aromatic ring is 2. The van der Waals surface area contributed by atoms with E-state index in [0.717, 1.165) is 11.3 Å². The summed E-state index contributed by atoms with van der Waals surface area (Å²) in [5.74, 6) is 1.91. The molecule has 5 nitrogen and oxygen atoms in total. The van der Waals surface area contributed by atoms with Gasteiger partial charge in [-0.1, -0.05) is 31.5 Å². The fraction of sp³-hybridized carbons (Fsp3) is 0.286. The van der Waals surface area contributed by atoms with Crippen LogP contribution in [0.2, 0.25) is 0 Å². The van der Waals surface area contributed by atoms with Crippen molar-refractivity contribution in [3.63, 3.8) is 0 Å². The average Bonchev–Trinajstić information content (AvgIpc) is 2.34. The van der Waals surface area contributed by atoms with Crippen molar-refractivity contribution >= 4 is 11.8 Å². The summed E-state index contributed by atoms with van der Waals surface area (Å²) in [6.45, 7) is 6.28. The lowest BCUT2D eigenvalue weighted by Crippen LogP contribution is -2.02. The van der Waals surface area contributed by atoms with Crippen LogP contribution in [0, 0.1) is 6.92 Å². The Morgan fingerprint density at radius 3 is 2.53 bits per heavy atom. The Labute approximate surface area is 112 Å². The third-order valence-corrected chi connectivity index (χ3v) is 2.81. The number of hydrogen-bond donors (Lipinski definition) is 2. The van der Waals surface area contributed by atoms with E-state index >= 15 is 0 Å². The van der Waals surface area contributed by atoms with Gasteiger partial charge in [0.25, 0.3) is 0 Å². The summed E-state index contributed by atoms with van der Waals surface area (Å²) in [5, 5.41) is 0. The van der Waals surface area contributed by atoms with Gasteiger partial charge in [-0.05, 0) is 24.5 Å². The summed E-state index contributed by atoms with van der Waals surface area (Å²) in [6.07, 6.45) is 1.49. The predicted molar refractivity (Wildman–Crippen MR) is 76.2 cm³/mol. The van der Waals surface area contributed by atoms with E-state index in [2.05, 4.69) is 36.8 Å². The van der Waals surface area contributed by atoms with E-state index in [9.17, 15) is 0 Å². The van der Waals surface area contributed by atoms with Crippen molar-refractivity contribution in [2.45, 2.75) is 26.7 Å². The maximum absolute atomic E-state index is 5.81. The van der Waals surface area contributed by atoms with Crippen molar-refractivity contribution in [2.24, 2.45) is 0 Å². The van der Waals surface area contributed by atoms with Crippen molar-refractivity contribution in [2.75, 3.05) is 11.5 Å². The second-order valence-corrected chi connectivity index (χ2v) is 4.78. The molecule has 0 bridgehead atoms. The Hall–Kier alpha value is -2.30. The van der Waals surface area contributed by atoms with Crippen LogP contribution in [0.3, 0.4) is 0 Å². The summed E-state index contributed by atoms with van der Waals surface area (Å²) in [4.78, 5) is 7.77. The molecule has 0 unspecified atom stereocenters. The third-order valence-electron chi connectivity index (χ3n) is 2.81. The summed E-state index contributed by atoms with van der Waals surface area (Å²) < 4.78 is 5.81. The van der Waals surface area contributed by atoms with E-state index in [4.69, 9.17) is 16.2 Å². The maximum Gasteiger partial charge on any atom is 0.222 e. The Bertz CT molecular complexity index is 596. The Morgan fingerprint density at radius 2 is 1.89 bits per heavy atom. The van der Waals surface area contributed by atoms with Gasteiger partial charge in [0.2, 0.25) is 5.95 Å². The van der Waals surface area contributed by atoms with Crippen molar-refractivity contribution in [1.82, 2.24) is 9.97 Å². The molecule has 5 heteroatoms. The molecule has 19 heavy (non-hydrogen) atoms. The van der Waals surface area contributed by atoms with Crippen molar-refractivity contribution in [3.05, 3.63) is 35.5 Å². The summed E-state index contributed by atoms with van der Waals surface area (Å²) in [5.41, 5.74) is 13.5. The molecule has 0 saturated heterocycles. The van der Waals surface area contributed by atoms with Gasteiger partial charge in [-0.3, -0.25) is 0 Å². The number of rotatable bonds is 3. The van der Waals surface area contributed by atoms with E-state index in [1.54, 1.807) is 0 Å². The minimum absolute atomic E-state index is 0.137. The number of ether oxygens (including phenoxy) is 1. The van der Waals surface area contributed by atoms with Crippen molar-refractivity contribution < 1.29 is 4.74 Å². The minimum Gasteiger partial charge on any atom is -0.452 e. The number of aryl methyl sites for hydroxylation is 1. The molecule has 1 aromatic carbocycles. The topological polar surface area (TPSA) is 87.0 Å². The second kappa shape index (κ2) is 5.14. The molecule has 0 radical (unpaired) electrons. The molecule has 4 N–H and O–H groups in total. The molecule has 100 valence electrons. The quantitative estimate of drug-likeness (QED) is 0.883. The number of anilines is 2. The van der Waals surface area contributed by atoms with Gasteiger partial charge in [0.15, 0.2) is 11.6 Å². The predicted octanol–water partition coefficient (Wildman–Crippen LogP) is 2.87. The van der Waals surface area contributed by atoms with Gasteiger partial charge in [-0.25, -0.2) is 4.98 Å². The van der Waals surface area contributed by atoms with Crippen molar-refractivity contribution in [3.8, 4) is 11.5 Å². The molecule has 0 spiro atoms. The first kappa shape index (κ1) is 13.1. The van der Waals surface area contributed by atoms with Crippen molar-refractivity contribution in [1.29, 1.82) is 0 Å². The highest BCUT2D eigenvalue weighted by atomic mass is 16.5. The monoisotopic (exact) mass is 258 g/mol. The summed E-state index contributed by atoms with van der Waals surface area (Å²) in [7, 11) is 0. The van der Waals surface area contributed by atoms with Crippen LogP contribution in [-0.2, 0) is 0 Å². The van der Waals surface area contributed by atoms with Gasteiger partial charge in [0, 0.05) is 0 Å². The molecule has 0 fully saturated rings. The minimum atomic E-state index is 0.137. The number of aromatic nitrogens is 2. The SMILES string of the molecule is Cc1ccc(Oc2cnc(N)nc2N)c(C(C)C)c1. The third kappa shape index (κ3) is 2.93. The van der Waals surface area contributed by atoms with E-state index in [0.29, 0.717) is 11.7 Å². The number of nitrogens with two attached hydrogens (primary N) is 2. The fourth-order valence-corrected chi connectivity index (χ4v) is 1.81. The summed E-state index contributed by atoms with van der Waals surface area (Å²) >= 11 is 0. The Balaban J connectivity index is 2.38. The van der Waals surface area contributed by atoms with E-state index in [1.807, 2.05) is 12.1 Å². The second-order valence-electron chi connectivity index (χ2n) is 4.78. The van der Waals surface area contributed by atoms with Crippen LogP contribution in [0.1, 0.15) is 30.9 Å². The van der Waals surface area contributed by atoms with E-state index in [1.165, 1.54) is 11.8 Å². The average molecular weight is 258 g/mol. The zero-order valence-corrected chi connectivity index (χ0v) is 11.3. The van der Waals surface area contributed by atoms with Crippen LogP contribution in [0.25, 0.3) is 0 Å². The lowest BCUT2D eigenvalue weighted by atomic mass is 10.00. The first-order valence-electron chi connectivity index (χ1n) is 6.13. The summed E-state index contributed by atoms with van der Waals surface area (Å²) in [6, 6.07) is 6.03. The Morgan fingerprint density at radius 1 is 1.16 bits per heavy atom. The van der Waals surface area contributed by atoms with Crippen LogP contribution >= 0.6 is 0 Å². The standard InChI is InChI=1S/C14H18N4O/c1-8(2)10-6-9(3)4-5-11(10)19-12-7-17-14(16)18-13(12)15/h4-8H,1-3H3,(H4,15,16,17,18). The van der Waals surface area contributed by atoms with Gasteiger partial charge >= 0.3 is 0 Å². The first-order valence-corrected chi connectivity index (χ1v) is 6.13. The highest BCUT2D eigenvalue weighted by molar-refractivity contribution is 5.50. The van der Waals surface area contributed by atoms with E-state index < -0.39 is 0 Å². The highest BCUT2D eigenvalue weighted by Crippen LogP contribution is 2.32. The molecule has 0 amide bonds. The number of benzene rings is 1. The Kier molecular flexibility index (Phi) is 3.55. The fourth-order valence-electron chi connectivity index (χ4n) is 1.81. The smallest absolute Gasteiger partial charge is 0.222 e. The van der Waals surface area contributed by atoms with Crippen LogP contribution < -0.4 is 16.2 Å². The molecule has 0 aliphatic rings. The van der Waals surface area contributed by atoms with Gasteiger partial charge < -0.3 is 16.2 Å². The molecule has 0 aliphatic heterocycles. The normalized spacial score (nSPS) is 10.7. The molecule has 0 saturated carbocycles. The number of hydrogen-bond acceptors (Lipinski definition) is 5. The number of nitrogens with zero attached hydrogens (tertiary/aromatic N) is 2. The molecular formula is C14H18N4O. The molecule has 2 rings (SSSR count). The molecule has 1 heterocycles. The largest absolute Gasteiger partial charge is 0.452 e. The zero-order chi connectivity index (χ0) is 14.0. The molecule has 0 atom stereocenters. The van der Waals surface area contributed by atoms with Crippen LogP contribution in [0.15, 0.2) is 24.4 Å². The lowest BCUT2D eigenvalue weighted by molar-refractivity contribution is 0.471. The van der Waals surface area contributed by atoms with Gasteiger partial charge in [0.05, 0.1) is 6.20 Å². The molecular weight excluding hydrogens is 240 g/mol. The zero-order valence-electron chi connectivity index (χ0n) is 11.3. The van der Waals surface area contributed by atoms with Gasteiger partial charge in [-0.15, -0.1) is 0 Å². The van der Waals surface area contributed by atoms with Gasteiger partial charge in [-0.2, -0.15) is 4.98 Å². The molecule has 0 aliphatic carbocycles. The van der Waals surface area contributed by atoms with Crippen LogP contribution in [0.4, 0.5) is 11.8 Å². The van der Waals surface area contributed by atoms with E-state index in [-0.39, 0.29) is 11.8 Å². The highest BCUT2D eigenvalue weighted by Gasteiger charge is 2.11. The molecule has 2 aromatic rings. The maximum atomic E-state index is 5.81. The van der Waals surface area contributed by atoms with Crippen LogP contribution in [0.5, 0.6) is 11.5 Å². The molecule has 1 aromatic heterocycles.